The van der Waals surface area contributed by atoms with Gasteiger partial charge in [0.15, 0.2) is 22.8 Å². The fraction of sp³-hybridized carbons (Fsp3) is 0.667. The summed E-state index contributed by atoms with van der Waals surface area (Å²) in [5, 5.41) is 35.8. The molecule has 2 unspecified atom stereocenters. The molecule has 1 aliphatic heterocycles. The van der Waals surface area contributed by atoms with Gasteiger partial charge in [0.1, 0.15) is 42.5 Å². The van der Waals surface area contributed by atoms with Crippen molar-refractivity contribution in [2.45, 2.75) is 76.3 Å². The summed E-state index contributed by atoms with van der Waals surface area (Å²) in [5.41, 5.74) is 2.73. The van der Waals surface area contributed by atoms with Crippen LogP contribution in [0.4, 0.5) is 5.82 Å². The topological polar surface area (TPSA) is 401 Å². The summed E-state index contributed by atoms with van der Waals surface area (Å²) in [4.78, 5) is 98.0. The van der Waals surface area contributed by atoms with Crippen LogP contribution in [-0.4, -0.2) is 140 Å². The number of amides is 2. The molecule has 30 heteroatoms. The van der Waals surface area contributed by atoms with Crippen molar-refractivity contribution in [2.24, 2.45) is 5.41 Å². The van der Waals surface area contributed by atoms with Crippen LogP contribution in [0.5, 0.6) is 0 Å². The minimum absolute atomic E-state index is 0.0195. The second kappa shape index (κ2) is 20.0. The third kappa shape index (κ3) is 15.1. The van der Waals surface area contributed by atoms with E-state index >= 15 is 0 Å². The van der Waals surface area contributed by atoms with Gasteiger partial charge in [0.25, 0.3) is 0 Å². The number of nitrogen functional groups attached to an aromatic ring is 1. The van der Waals surface area contributed by atoms with Gasteiger partial charge in [0.2, 0.25) is 11.8 Å². The number of anilines is 1. The lowest BCUT2D eigenvalue weighted by atomic mass is 9.87. The molecule has 3 heterocycles. The maximum absolute atomic E-state index is 12.7. The second-order valence-electron chi connectivity index (χ2n) is 13.3. The number of thioether (sulfide) groups is 1. The summed E-state index contributed by atoms with van der Waals surface area (Å²) in [7, 11) is -16.4. The van der Waals surface area contributed by atoms with Crippen molar-refractivity contribution in [1.29, 1.82) is 0 Å². The van der Waals surface area contributed by atoms with Crippen molar-refractivity contribution in [3.05, 3.63) is 12.7 Å². The molecule has 1 saturated heterocycles. The molecule has 0 spiro atoms. The summed E-state index contributed by atoms with van der Waals surface area (Å²) in [6.07, 6.45) is -7.07. The van der Waals surface area contributed by atoms with Gasteiger partial charge in [-0.3, -0.25) is 32.5 Å². The number of fused-ring (bicyclic) bond motifs is 1. The molecule has 8 atom stereocenters. The normalized spacial score (nSPS) is 22.6. The molecule has 2 aromatic heterocycles. The van der Waals surface area contributed by atoms with Crippen LogP contribution in [0.2, 0.25) is 0 Å². The predicted molar refractivity (Wildman–Crippen MR) is 193 cm³/mol. The molecule has 2 aromatic rings. The zero-order valence-electron chi connectivity index (χ0n) is 30.4. The van der Waals surface area contributed by atoms with E-state index in [4.69, 9.17) is 19.5 Å². The number of carbonyl (C=O) groups excluding carboxylic acids is 4. The van der Waals surface area contributed by atoms with Crippen LogP contribution in [0.15, 0.2) is 12.7 Å². The van der Waals surface area contributed by atoms with Crippen LogP contribution in [-0.2, 0) is 55.5 Å². The Morgan fingerprint density at radius 1 is 1.07 bits per heavy atom. The van der Waals surface area contributed by atoms with Crippen LogP contribution in [0.25, 0.3) is 11.2 Å². The van der Waals surface area contributed by atoms with Crippen LogP contribution in [0, 0.1) is 5.41 Å². The first-order chi connectivity index (χ1) is 26.3. The number of nitrogens with zero attached hydrogens (tertiary/aromatic N) is 4. The number of aldehydes is 1. The molecule has 3 rings (SSSR count). The van der Waals surface area contributed by atoms with Crippen molar-refractivity contribution < 1.29 is 90.4 Å². The summed E-state index contributed by atoms with van der Waals surface area (Å²) in [5.74, 6) is -1.42. The van der Waals surface area contributed by atoms with Crippen LogP contribution >= 0.6 is 35.2 Å². The van der Waals surface area contributed by atoms with E-state index in [2.05, 4.69) is 34.4 Å². The molecule has 1 aliphatic rings. The quantitative estimate of drug-likeness (QED) is 0.0341. The number of ether oxygens (including phenoxy) is 1. The van der Waals surface area contributed by atoms with Gasteiger partial charge in [-0.25, -0.2) is 28.6 Å². The Morgan fingerprint density at radius 3 is 2.39 bits per heavy atom. The first-order valence-electron chi connectivity index (χ1n) is 16.5. The van der Waals surface area contributed by atoms with Crippen LogP contribution in [0.1, 0.15) is 46.3 Å². The molecular formula is C27H44N7O19P3S. The van der Waals surface area contributed by atoms with Gasteiger partial charge < -0.3 is 60.8 Å². The van der Waals surface area contributed by atoms with Gasteiger partial charge in [-0.15, -0.1) is 0 Å². The minimum atomic E-state index is -5.59. The van der Waals surface area contributed by atoms with Crippen molar-refractivity contribution in [2.75, 3.05) is 37.8 Å². The molecule has 57 heavy (non-hydrogen) atoms. The van der Waals surface area contributed by atoms with Gasteiger partial charge in [0, 0.05) is 43.5 Å². The molecule has 0 aliphatic carbocycles. The average Bonchev–Trinajstić information content (AvgIpc) is 3.64. The van der Waals surface area contributed by atoms with E-state index < -0.39 is 90.2 Å². The number of hydrogen-bond acceptors (Lipinski definition) is 20. The monoisotopic (exact) mass is 895 g/mol. The largest absolute Gasteiger partial charge is 0.481 e. The Bertz CT molecular complexity index is 1900. The van der Waals surface area contributed by atoms with E-state index in [1.807, 2.05) is 0 Å². The molecule has 1 fully saturated rings. The summed E-state index contributed by atoms with van der Waals surface area (Å²) < 4.78 is 62.0. The minimum Gasteiger partial charge on any atom is -0.389 e. The number of aliphatic hydroxyl groups is 3. The number of carbonyl (C=O) groups is 4. The molecule has 11 N–H and O–H groups in total. The van der Waals surface area contributed by atoms with Crippen molar-refractivity contribution in [3.63, 3.8) is 0 Å². The molecular weight excluding hydrogens is 851 g/mol. The van der Waals surface area contributed by atoms with Crippen molar-refractivity contribution in [3.8, 4) is 0 Å². The highest BCUT2D eigenvalue weighted by Crippen LogP contribution is 2.61. The van der Waals surface area contributed by atoms with Gasteiger partial charge in [-0.05, 0) is 6.92 Å². The summed E-state index contributed by atoms with van der Waals surface area (Å²) >= 11 is 0.847. The zero-order chi connectivity index (χ0) is 43.0. The molecule has 2 amide bonds. The number of nitrogens with two attached hydrogens (primary N) is 1. The molecule has 0 bridgehead atoms. The number of nitrogens with one attached hydrogen (secondary N) is 2. The number of imidazole rings is 1. The van der Waals surface area contributed by atoms with Gasteiger partial charge in [-0.1, -0.05) is 25.6 Å². The number of phosphoric acid groups is 3. The van der Waals surface area contributed by atoms with Gasteiger partial charge in [-0.2, -0.15) is 4.31 Å². The van der Waals surface area contributed by atoms with Crippen molar-refractivity contribution in [1.82, 2.24) is 30.2 Å². The standard InChI is InChI=1S/C27H44N7O19P3S/c1-26(2,21(39)24(40)30-6-4-16(36)29-7-9-57-17(37)10-27(3,41)5-8-35)12-50-56(47,48)53-55(45,46)49-11-15-20(52-54(42,43)44)19(38)25(51-15)34-14-33-18-22(28)31-13-32-23(18)34/h8,13-15,19-21,25,38-39,41H,4-7,9-12H2,1-3H3,(H,29,36)(H,30,40)(H,45,46)(H,47,48)(H2,28,31,32)(H2,42,43,44)/t15-,19-,20-,21+,25-,27-/m1/s1. The maximum Gasteiger partial charge on any atom is 0.481 e. The van der Waals surface area contributed by atoms with Crippen LogP contribution in [0.3, 0.4) is 0 Å². The Hall–Kier alpha value is -2.81. The molecule has 0 saturated carbocycles. The molecule has 0 aromatic carbocycles. The lowest BCUT2D eigenvalue weighted by Crippen LogP contribution is -2.46. The molecule has 322 valence electrons. The van der Waals surface area contributed by atoms with Crippen LogP contribution < -0.4 is 16.4 Å². The highest BCUT2D eigenvalue weighted by molar-refractivity contribution is 8.13. The predicted octanol–water partition coefficient (Wildman–Crippen LogP) is -1.61. The molecule has 0 radical (unpaired) electrons. The number of aromatic nitrogens is 4. The van der Waals surface area contributed by atoms with E-state index in [9.17, 15) is 67.8 Å². The first-order valence-corrected chi connectivity index (χ1v) is 22.0. The maximum atomic E-state index is 12.7. The molecule has 26 nitrogen and oxygen atoms in total. The Kier molecular flexibility index (Phi) is 17.0. The lowest BCUT2D eigenvalue weighted by molar-refractivity contribution is -0.137. The Morgan fingerprint density at radius 2 is 1.74 bits per heavy atom. The Labute approximate surface area is 327 Å². The van der Waals surface area contributed by atoms with E-state index in [0.29, 0.717) is 6.29 Å². The second-order valence-corrected chi connectivity index (χ2v) is 18.7. The van der Waals surface area contributed by atoms with Gasteiger partial charge in [0.05, 0.1) is 25.1 Å². The van der Waals surface area contributed by atoms with E-state index in [0.717, 1.165) is 29.0 Å². The van der Waals surface area contributed by atoms with E-state index in [1.54, 1.807) is 0 Å². The highest BCUT2D eigenvalue weighted by Gasteiger charge is 2.50. The summed E-state index contributed by atoms with van der Waals surface area (Å²) in [6, 6.07) is 0. The van der Waals surface area contributed by atoms with E-state index in [-0.39, 0.29) is 60.2 Å². The third-order valence-electron chi connectivity index (χ3n) is 7.81. The SMILES string of the molecule is CC(C)(COP(=O)(O)OP(=O)(O)OC[C@H]1O[C@@H](n2cnc3c(N)ncnc32)[C@H](O)[C@@H]1OP(=O)(O)O)[C@@H](O)C(=O)NCCC(=O)NCCSC(=O)C[C@](C)(O)CC=O. The van der Waals surface area contributed by atoms with E-state index in [1.165, 1.54) is 20.8 Å². The first kappa shape index (κ1) is 48.6. The fourth-order valence-corrected chi connectivity index (χ4v) is 8.58. The number of hydrogen-bond donors (Lipinski definition) is 10. The fourth-order valence-electron chi connectivity index (χ4n) is 4.91. The Balaban J connectivity index is 1.48. The lowest BCUT2D eigenvalue weighted by Gasteiger charge is -2.30. The van der Waals surface area contributed by atoms with Gasteiger partial charge >= 0.3 is 23.5 Å². The average molecular weight is 896 g/mol. The summed E-state index contributed by atoms with van der Waals surface area (Å²) in [6.45, 7) is 1.55. The number of phosphoric ester groups is 3. The number of rotatable bonds is 23. The highest BCUT2D eigenvalue weighted by atomic mass is 32.2. The smallest absolute Gasteiger partial charge is 0.389 e. The zero-order valence-corrected chi connectivity index (χ0v) is 33.9. The van der Waals surface area contributed by atoms with Crippen molar-refractivity contribution >= 4 is 75.4 Å². The third-order valence-corrected chi connectivity index (χ3v) is 11.8. The number of aliphatic hydroxyl groups excluding tert-OH is 2.